The van der Waals surface area contributed by atoms with Crippen molar-refractivity contribution >= 4 is 11.5 Å². The van der Waals surface area contributed by atoms with Gasteiger partial charge in [0.2, 0.25) is 0 Å². The van der Waals surface area contributed by atoms with Gasteiger partial charge >= 0.3 is 0 Å². The van der Waals surface area contributed by atoms with E-state index in [1.54, 1.807) is 14.0 Å². The zero-order chi connectivity index (χ0) is 13.1. The molecular formula is C15H21NO2. The Hall–Kier alpha value is -1.51. The lowest BCUT2D eigenvalue weighted by molar-refractivity contribution is 0.101. The largest absolute Gasteiger partial charge is 0.496 e. The van der Waals surface area contributed by atoms with Gasteiger partial charge in [0, 0.05) is 13.6 Å². The summed E-state index contributed by atoms with van der Waals surface area (Å²) in [6.07, 6.45) is 3.96. The van der Waals surface area contributed by atoms with Crippen LogP contribution in [0.3, 0.4) is 0 Å². The molecule has 0 atom stereocenters. The van der Waals surface area contributed by atoms with Crippen molar-refractivity contribution in [3.63, 3.8) is 0 Å². The van der Waals surface area contributed by atoms with E-state index in [4.69, 9.17) is 4.74 Å². The van der Waals surface area contributed by atoms with Crippen LogP contribution in [0.25, 0.3) is 0 Å². The Morgan fingerprint density at radius 3 is 2.67 bits per heavy atom. The third-order valence-electron chi connectivity index (χ3n) is 3.74. The summed E-state index contributed by atoms with van der Waals surface area (Å²) in [7, 11) is 3.66. The molecular weight excluding hydrogens is 226 g/mol. The Kier molecular flexibility index (Phi) is 3.90. The first-order valence-electron chi connectivity index (χ1n) is 6.52. The van der Waals surface area contributed by atoms with Gasteiger partial charge in [0.05, 0.1) is 18.4 Å². The summed E-state index contributed by atoms with van der Waals surface area (Å²) < 4.78 is 5.30. The van der Waals surface area contributed by atoms with Gasteiger partial charge in [-0.1, -0.05) is 12.5 Å². The highest BCUT2D eigenvalue weighted by Gasteiger charge is 2.22. The smallest absolute Gasteiger partial charge is 0.165 e. The van der Waals surface area contributed by atoms with Crippen LogP contribution in [0.1, 0.15) is 36.5 Å². The third-order valence-corrected chi connectivity index (χ3v) is 3.74. The summed E-state index contributed by atoms with van der Waals surface area (Å²) in [4.78, 5) is 14.0. The second kappa shape index (κ2) is 5.42. The number of carbonyl (C=O) groups is 1. The van der Waals surface area contributed by atoms with E-state index in [1.807, 2.05) is 18.2 Å². The van der Waals surface area contributed by atoms with Crippen LogP contribution >= 0.6 is 0 Å². The molecule has 0 bridgehead atoms. The van der Waals surface area contributed by atoms with E-state index in [0.29, 0.717) is 11.3 Å². The first-order valence-corrected chi connectivity index (χ1v) is 6.52. The number of ketones is 1. The minimum atomic E-state index is 0.0582. The number of carbonyl (C=O) groups excluding carboxylic acids is 1. The molecule has 18 heavy (non-hydrogen) atoms. The van der Waals surface area contributed by atoms with Gasteiger partial charge < -0.3 is 9.64 Å². The maximum atomic E-state index is 11.8. The number of benzene rings is 1. The second-order valence-corrected chi connectivity index (χ2v) is 5.09. The van der Waals surface area contributed by atoms with Crippen LogP contribution in [0.2, 0.25) is 0 Å². The van der Waals surface area contributed by atoms with Crippen molar-refractivity contribution in [1.82, 2.24) is 0 Å². The molecule has 0 N–H and O–H groups in total. The maximum Gasteiger partial charge on any atom is 0.165 e. The second-order valence-electron chi connectivity index (χ2n) is 5.09. The number of hydrogen-bond acceptors (Lipinski definition) is 3. The Labute approximate surface area is 109 Å². The normalized spacial score (nSPS) is 15.1. The number of nitrogens with zero attached hydrogens (tertiary/aromatic N) is 1. The van der Waals surface area contributed by atoms with Crippen molar-refractivity contribution in [3.8, 4) is 5.75 Å². The van der Waals surface area contributed by atoms with E-state index in [2.05, 4.69) is 11.9 Å². The quantitative estimate of drug-likeness (QED) is 0.749. The molecule has 98 valence electrons. The van der Waals surface area contributed by atoms with Gasteiger partial charge in [-0.3, -0.25) is 4.79 Å². The minimum Gasteiger partial charge on any atom is -0.496 e. The highest BCUT2D eigenvalue weighted by molar-refractivity contribution is 6.02. The molecule has 3 nitrogen and oxygen atoms in total. The number of methoxy groups -OCH3 is 1. The van der Waals surface area contributed by atoms with Gasteiger partial charge in [-0.25, -0.2) is 0 Å². The standard InChI is InChI=1S/C15H21NO2/c1-11(17)15-13(8-5-9-14(15)18-3)16(2)10-12-6-4-7-12/h5,8-9,12H,4,6-7,10H2,1-3H3. The van der Waals surface area contributed by atoms with Crippen molar-refractivity contribution in [1.29, 1.82) is 0 Å². The molecule has 2 rings (SSSR count). The Morgan fingerprint density at radius 2 is 2.17 bits per heavy atom. The van der Waals surface area contributed by atoms with Crippen molar-refractivity contribution in [2.45, 2.75) is 26.2 Å². The molecule has 0 spiro atoms. The third kappa shape index (κ3) is 2.50. The fourth-order valence-electron chi connectivity index (χ4n) is 2.52. The molecule has 0 amide bonds. The topological polar surface area (TPSA) is 29.5 Å². The molecule has 0 saturated heterocycles. The number of Topliss-reactive ketones (excluding diaryl/α,β-unsaturated/α-hetero) is 1. The van der Waals surface area contributed by atoms with E-state index < -0.39 is 0 Å². The summed E-state index contributed by atoms with van der Waals surface area (Å²) in [6, 6.07) is 5.78. The highest BCUT2D eigenvalue weighted by Crippen LogP contribution is 2.32. The van der Waals surface area contributed by atoms with Crippen LogP contribution in [0, 0.1) is 5.92 Å². The molecule has 1 aromatic rings. The number of rotatable bonds is 5. The lowest BCUT2D eigenvalue weighted by atomic mass is 9.85. The van der Waals surface area contributed by atoms with Gasteiger partial charge in [0.15, 0.2) is 5.78 Å². The van der Waals surface area contributed by atoms with Crippen molar-refractivity contribution in [3.05, 3.63) is 23.8 Å². The van der Waals surface area contributed by atoms with Crippen LogP contribution in [0.15, 0.2) is 18.2 Å². The fourth-order valence-corrected chi connectivity index (χ4v) is 2.52. The van der Waals surface area contributed by atoms with Gasteiger partial charge in [0.25, 0.3) is 0 Å². The van der Waals surface area contributed by atoms with Gasteiger partial charge in [-0.2, -0.15) is 0 Å². The molecule has 1 fully saturated rings. The highest BCUT2D eigenvalue weighted by atomic mass is 16.5. The van der Waals surface area contributed by atoms with Crippen molar-refractivity contribution in [2.75, 3.05) is 25.6 Å². The molecule has 3 heteroatoms. The van der Waals surface area contributed by atoms with Crippen LogP contribution in [-0.4, -0.2) is 26.5 Å². The lowest BCUT2D eigenvalue weighted by Gasteiger charge is -2.32. The van der Waals surface area contributed by atoms with E-state index in [0.717, 1.165) is 18.2 Å². The molecule has 1 saturated carbocycles. The molecule has 0 unspecified atom stereocenters. The predicted molar refractivity (Wildman–Crippen MR) is 73.6 cm³/mol. The fraction of sp³-hybridized carbons (Fsp3) is 0.533. The van der Waals surface area contributed by atoms with Crippen molar-refractivity contribution in [2.24, 2.45) is 5.92 Å². The van der Waals surface area contributed by atoms with E-state index in [1.165, 1.54) is 19.3 Å². The summed E-state index contributed by atoms with van der Waals surface area (Å²) in [5.74, 6) is 1.50. The zero-order valence-corrected chi connectivity index (χ0v) is 11.4. The first kappa shape index (κ1) is 12.9. The summed E-state index contributed by atoms with van der Waals surface area (Å²) in [5, 5.41) is 0. The van der Waals surface area contributed by atoms with Crippen LogP contribution < -0.4 is 9.64 Å². The Morgan fingerprint density at radius 1 is 1.44 bits per heavy atom. The summed E-state index contributed by atoms with van der Waals surface area (Å²) in [5.41, 5.74) is 1.68. The Balaban J connectivity index is 2.27. The minimum absolute atomic E-state index is 0.0582. The average Bonchev–Trinajstić information content (AvgIpc) is 2.32. The van der Waals surface area contributed by atoms with Crippen molar-refractivity contribution < 1.29 is 9.53 Å². The molecule has 0 aromatic heterocycles. The molecule has 1 aliphatic rings. The molecule has 1 aliphatic carbocycles. The van der Waals surface area contributed by atoms with E-state index in [-0.39, 0.29) is 5.78 Å². The lowest BCUT2D eigenvalue weighted by Crippen LogP contribution is -2.30. The van der Waals surface area contributed by atoms with Gasteiger partial charge in [-0.15, -0.1) is 0 Å². The van der Waals surface area contributed by atoms with Crippen LogP contribution in [-0.2, 0) is 0 Å². The zero-order valence-electron chi connectivity index (χ0n) is 11.4. The van der Waals surface area contributed by atoms with E-state index in [9.17, 15) is 4.79 Å². The summed E-state index contributed by atoms with van der Waals surface area (Å²) in [6.45, 7) is 2.62. The molecule has 0 radical (unpaired) electrons. The average molecular weight is 247 g/mol. The number of anilines is 1. The predicted octanol–water partition coefficient (Wildman–Crippen LogP) is 3.13. The molecule has 0 heterocycles. The first-order chi connectivity index (χ1) is 8.63. The van der Waals surface area contributed by atoms with Crippen LogP contribution in [0.5, 0.6) is 5.75 Å². The van der Waals surface area contributed by atoms with Gasteiger partial charge in [0.1, 0.15) is 5.75 Å². The van der Waals surface area contributed by atoms with E-state index >= 15 is 0 Å². The number of ether oxygens (including phenoxy) is 1. The Bertz CT molecular complexity index is 438. The number of hydrogen-bond donors (Lipinski definition) is 0. The summed E-state index contributed by atoms with van der Waals surface area (Å²) >= 11 is 0. The van der Waals surface area contributed by atoms with Crippen LogP contribution in [0.4, 0.5) is 5.69 Å². The van der Waals surface area contributed by atoms with Gasteiger partial charge in [-0.05, 0) is 37.8 Å². The maximum absolute atomic E-state index is 11.8. The molecule has 1 aromatic carbocycles. The SMILES string of the molecule is COc1cccc(N(C)CC2CCC2)c1C(C)=O. The monoisotopic (exact) mass is 247 g/mol. The molecule has 0 aliphatic heterocycles.